The summed E-state index contributed by atoms with van der Waals surface area (Å²) in [4.78, 5) is 3.98. The van der Waals surface area contributed by atoms with E-state index in [4.69, 9.17) is 0 Å². The normalized spacial score (nSPS) is 31.1. The highest BCUT2D eigenvalue weighted by Gasteiger charge is 2.38. The summed E-state index contributed by atoms with van der Waals surface area (Å²) in [5, 5.41) is 4.25. The summed E-state index contributed by atoms with van der Waals surface area (Å²) in [7, 11) is -1.34. The molecule has 0 spiro atoms. The Morgan fingerprint density at radius 1 is 1.53 bits per heavy atom. The first-order valence-electron chi connectivity index (χ1n) is 6.04. The van der Waals surface area contributed by atoms with E-state index in [-0.39, 0.29) is 35.2 Å². The molecule has 7 heteroatoms. The van der Waals surface area contributed by atoms with E-state index in [1.54, 1.807) is 6.08 Å². The molecular weight excluding hydrogens is 272 g/mol. The van der Waals surface area contributed by atoms with Crippen molar-refractivity contribution in [2.24, 2.45) is 5.92 Å². The molecule has 1 aromatic heterocycles. The van der Waals surface area contributed by atoms with Gasteiger partial charge in [0.1, 0.15) is 5.83 Å². The molecule has 0 fully saturated rings. The summed E-state index contributed by atoms with van der Waals surface area (Å²) in [5.74, 6) is -0.234. The minimum Gasteiger partial charge on any atom is -0.251 e. The summed E-state index contributed by atoms with van der Waals surface area (Å²) in [6.45, 7) is 0. The van der Waals surface area contributed by atoms with Crippen LogP contribution in [0.3, 0.4) is 0 Å². The fourth-order valence-corrected chi connectivity index (χ4v) is 3.03. The van der Waals surface area contributed by atoms with Gasteiger partial charge in [0.15, 0.2) is 12.0 Å². The summed E-state index contributed by atoms with van der Waals surface area (Å²) >= 11 is 0. The van der Waals surface area contributed by atoms with Crippen molar-refractivity contribution in [1.29, 1.82) is 0 Å². The van der Waals surface area contributed by atoms with Gasteiger partial charge < -0.3 is 0 Å². The van der Waals surface area contributed by atoms with Gasteiger partial charge in [0.05, 0.1) is 16.8 Å². The van der Waals surface area contributed by atoms with E-state index in [9.17, 15) is 13.0 Å². The first-order valence-corrected chi connectivity index (χ1v) is 7.60. The Hall–Kier alpha value is -1.37. The molecule has 1 aromatic rings. The van der Waals surface area contributed by atoms with Crippen molar-refractivity contribution >= 4 is 10.8 Å². The minimum atomic E-state index is -1.34. The lowest BCUT2D eigenvalue weighted by Crippen LogP contribution is -2.17. The number of rotatable bonds is 2. The van der Waals surface area contributed by atoms with Crippen LogP contribution >= 0.6 is 0 Å². The largest absolute Gasteiger partial charge is 0.251 e. The van der Waals surface area contributed by atoms with Gasteiger partial charge in [-0.3, -0.25) is 4.21 Å². The third-order valence-electron chi connectivity index (χ3n) is 3.49. The predicted molar refractivity (Wildman–Crippen MR) is 66.3 cm³/mol. The van der Waals surface area contributed by atoms with Crippen LogP contribution in [0, 0.1) is 5.92 Å². The molecular formula is C12H13F2N3OS. The van der Waals surface area contributed by atoms with Crippen LogP contribution in [0.15, 0.2) is 29.2 Å². The van der Waals surface area contributed by atoms with E-state index in [0.717, 1.165) is 0 Å². The Bertz CT molecular complexity index is 596. The SMILES string of the molecule is C[S@](=O)c1nc2n(n1)[C@H](C1C=C(F)C=CC1)C[C@@H]2F. The van der Waals surface area contributed by atoms with E-state index in [2.05, 4.69) is 10.1 Å². The highest BCUT2D eigenvalue weighted by Crippen LogP contribution is 2.42. The number of aromatic nitrogens is 3. The van der Waals surface area contributed by atoms with Crippen molar-refractivity contribution in [3.8, 4) is 0 Å². The quantitative estimate of drug-likeness (QED) is 0.838. The Morgan fingerprint density at radius 3 is 3.00 bits per heavy atom. The number of fused-ring (bicyclic) bond motifs is 1. The van der Waals surface area contributed by atoms with E-state index >= 15 is 0 Å². The summed E-state index contributed by atoms with van der Waals surface area (Å²) in [5.41, 5.74) is 0. The van der Waals surface area contributed by atoms with Crippen LogP contribution in [-0.4, -0.2) is 25.2 Å². The molecule has 0 aromatic carbocycles. The number of hydrogen-bond donors (Lipinski definition) is 0. The number of allylic oxidation sites excluding steroid dienone is 4. The van der Waals surface area contributed by atoms with Gasteiger partial charge in [-0.25, -0.2) is 18.4 Å². The average Bonchev–Trinajstić information content (AvgIpc) is 2.90. The molecule has 0 amide bonds. The molecule has 19 heavy (non-hydrogen) atoms. The monoisotopic (exact) mass is 285 g/mol. The highest BCUT2D eigenvalue weighted by atomic mass is 32.2. The molecule has 0 saturated carbocycles. The molecule has 1 aliphatic heterocycles. The number of nitrogens with zero attached hydrogens (tertiary/aromatic N) is 3. The zero-order valence-corrected chi connectivity index (χ0v) is 11.1. The van der Waals surface area contributed by atoms with Crippen molar-refractivity contribution in [2.75, 3.05) is 6.26 Å². The average molecular weight is 285 g/mol. The summed E-state index contributed by atoms with van der Waals surface area (Å²) in [6.07, 6.45) is 5.77. The summed E-state index contributed by atoms with van der Waals surface area (Å²) in [6, 6.07) is -0.259. The van der Waals surface area contributed by atoms with Gasteiger partial charge >= 0.3 is 0 Å². The van der Waals surface area contributed by atoms with Crippen LogP contribution in [0.1, 0.15) is 30.9 Å². The van der Waals surface area contributed by atoms with Crippen molar-refractivity contribution < 1.29 is 13.0 Å². The fourth-order valence-electron chi connectivity index (χ4n) is 2.60. The maximum atomic E-state index is 13.9. The summed E-state index contributed by atoms with van der Waals surface area (Å²) < 4.78 is 40.1. The zero-order chi connectivity index (χ0) is 13.6. The molecule has 0 bridgehead atoms. The second-order valence-electron chi connectivity index (χ2n) is 4.78. The van der Waals surface area contributed by atoms with Crippen LogP contribution in [0.25, 0.3) is 0 Å². The van der Waals surface area contributed by atoms with E-state index in [1.807, 2.05) is 0 Å². The van der Waals surface area contributed by atoms with Crippen LogP contribution in [0.2, 0.25) is 0 Å². The van der Waals surface area contributed by atoms with E-state index < -0.39 is 17.0 Å². The van der Waals surface area contributed by atoms with E-state index in [0.29, 0.717) is 6.42 Å². The van der Waals surface area contributed by atoms with Gasteiger partial charge in [0.25, 0.3) is 0 Å². The van der Waals surface area contributed by atoms with Gasteiger partial charge in [0, 0.05) is 18.6 Å². The molecule has 4 atom stereocenters. The maximum absolute atomic E-state index is 13.9. The fraction of sp³-hybridized carbons (Fsp3) is 0.500. The van der Waals surface area contributed by atoms with Crippen LogP contribution in [-0.2, 0) is 10.8 Å². The molecule has 0 radical (unpaired) electrons. The Kier molecular flexibility index (Phi) is 3.08. The number of alkyl halides is 1. The minimum absolute atomic E-state index is 0.135. The molecule has 102 valence electrons. The number of halogens is 2. The highest BCUT2D eigenvalue weighted by molar-refractivity contribution is 7.84. The lowest BCUT2D eigenvalue weighted by molar-refractivity contribution is 0.287. The van der Waals surface area contributed by atoms with Crippen molar-refractivity contribution in [3.05, 3.63) is 29.9 Å². The van der Waals surface area contributed by atoms with Gasteiger partial charge in [-0.15, -0.1) is 5.10 Å². The van der Waals surface area contributed by atoms with Crippen molar-refractivity contribution in [3.63, 3.8) is 0 Å². The Morgan fingerprint density at radius 2 is 2.32 bits per heavy atom. The predicted octanol–water partition coefficient (Wildman–Crippen LogP) is 2.40. The molecule has 2 heterocycles. The second-order valence-corrected chi connectivity index (χ2v) is 6.05. The third-order valence-corrected chi connectivity index (χ3v) is 4.18. The van der Waals surface area contributed by atoms with Gasteiger partial charge in [-0.1, -0.05) is 6.08 Å². The lowest BCUT2D eigenvalue weighted by atomic mass is 9.91. The van der Waals surface area contributed by atoms with Crippen molar-refractivity contribution in [1.82, 2.24) is 14.8 Å². The topological polar surface area (TPSA) is 47.8 Å². The zero-order valence-electron chi connectivity index (χ0n) is 10.3. The molecule has 0 N–H and O–H groups in total. The molecule has 3 rings (SSSR count). The molecule has 1 aliphatic carbocycles. The molecule has 1 unspecified atom stereocenters. The first kappa shape index (κ1) is 12.7. The molecule has 2 aliphatic rings. The molecule has 0 saturated heterocycles. The first-order chi connectivity index (χ1) is 9.06. The van der Waals surface area contributed by atoms with Crippen LogP contribution < -0.4 is 0 Å². The van der Waals surface area contributed by atoms with E-state index in [1.165, 1.54) is 23.1 Å². The second kappa shape index (κ2) is 4.63. The smallest absolute Gasteiger partial charge is 0.238 e. The number of hydrogen-bond acceptors (Lipinski definition) is 3. The van der Waals surface area contributed by atoms with Gasteiger partial charge in [-0.2, -0.15) is 0 Å². The third kappa shape index (κ3) is 2.16. The van der Waals surface area contributed by atoms with Crippen LogP contribution in [0.4, 0.5) is 8.78 Å². The lowest BCUT2D eigenvalue weighted by Gasteiger charge is -2.21. The Labute approximate surface area is 111 Å². The maximum Gasteiger partial charge on any atom is 0.238 e. The Balaban J connectivity index is 1.95. The molecule has 4 nitrogen and oxygen atoms in total. The standard InChI is InChI=1S/C12H13F2N3OS/c1-19(18)12-15-11-9(14)6-10(17(11)16-12)7-3-2-4-8(13)5-7/h2,4-5,7,9-10H,3,6H2,1H3/t7?,9-,10-,19-/m0/s1. The van der Waals surface area contributed by atoms with Crippen molar-refractivity contribution in [2.45, 2.75) is 30.2 Å². The van der Waals surface area contributed by atoms with Crippen LogP contribution in [0.5, 0.6) is 0 Å². The van der Waals surface area contributed by atoms with Gasteiger partial charge in [0.2, 0.25) is 5.16 Å². The van der Waals surface area contributed by atoms with Gasteiger partial charge in [-0.05, 0) is 18.6 Å².